The first-order valence-corrected chi connectivity index (χ1v) is 9.66. The van der Waals surface area contributed by atoms with Crippen molar-refractivity contribution < 1.29 is 18.7 Å². The molecule has 1 fully saturated rings. The number of nitrogens with one attached hydrogen (secondary N) is 1. The van der Waals surface area contributed by atoms with Crippen LogP contribution in [0.5, 0.6) is 11.5 Å². The summed E-state index contributed by atoms with van der Waals surface area (Å²) in [4.78, 5) is 19.4. The number of carbonyl (C=O) groups excluding carboxylic acids is 1. The first kappa shape index (κ1) is 20.2. The Morgan fingerprint density at radius 2 is 2.00 bits per heavy atom. The van der Waals surface area contributed by atoms with Gasteiger partial charge in [-0.05, 0) is 57.8 Å². The van der Waals surface area contributed by atoms with E-state index in [1.54, 1.807) is 32.4 Å². The number of amides is 1. The minimum atomic E-state index is -0.135. The van der Waals surface area contributed by atoms with Gasteiger partial charge in [0.25, 0.3) is 5.91 Å². The van der Waals surface area contributed by atoms with Gasteiger partial charge < -0.3 is 19.2 Å². The summed E-state index contributed by atoms with van der Waals surface area (Å²) in [7, 11) is 3.11. The summed E-state index contributed by atoms with van der Waals surface area (Å²) in [5.41, 5.74) is 1.45. The minimum absolute atomic E-state index is 0.135. The normalized spacial score (nSPS) is 15.4. The number of benzene rings is 1. The van der Waals surface area contributed by atoms with Crippen LogP contribution in [-0.2, 0) is 6.54 Å². The zero-order valence-electron chi connectivity index (χ0n) is 17.1. The summed E-state index contributed by atoms with van der Waals surface area (Å²) in [6.07, 6.45) is 2.07. The van der Waals surface area contributed by atoms with Crippen LogP contribution in [-0.4, -0.2) is 49.6 Å². The van der Waals surface area contributed by atoms with E-state index < -0.39 is 0 Å². The highest BCUT2D eigenvalue weighted by molar-refractivity contribution is 5.97. The van der Waals surface area contributed by atoms with Crippen LogP contribution < -0.4 is 14.8 Å². The van der Waals surface area contributed by atoms with Gasteiger partial charge in [0.15, 0.2) is 11.5 Å². The lowest BCUT2D eigenvalue weighted by molar-refractivity contribution is 0.0930. The van der Waals surface area contributed by atoms with Crippen LogP contribution in [0.4, 0.5) is 0 Å². The van der Waals surface area contributed by atoms with Crippen LogP contribution in [0, 0.1) is 19.8 Å². The fraction of sp³-hybridized carbons (Fsp3) is 0.524. The van der Waals surface area contributed by atoms with Gasteiger partial charge in [0.1, 0.15) is 5.76 Å². The maximum absolute atomic E-state index is 12.6. The molecule has 7 heteroatoms. The molecule has 28 heavy (non-hydrogen) atoms. The SMILES string of the molecule is COc1cccc(C(=O)NCC2CCN(Cc3nc(C)c(C)o3)CC2)c1OC. The molecule has 0 atom stereocenters. The minimum Gasteiger partial charge on any atom is -0.493 e. The van der Waals surface area contributed by atoms with Crippen molar-refractivity contribution in [3.05, 3.63) is 41.1 Å². The third-order valence-corrected chi connectivity index (χ3v) is 5.34. The molecule has 2 aromatic rings. The highest BCUT2D eigenvalue weighted by Gasteiger charge is 2.22. The number of ether oxygens (including phenoxy) is 2. The molecule has 0 aliphatic carbocycles. The van der Waals surface area contributed by atoms with Gasteiger partial charge in [-0.25, -0.2) is 4.98 Å². The average Bonchev–Trinajstić information content (AvgIpc) is 3.03. The fourth-order valence-corrected chi connectivity index (χ4v) is 3.54. The summed E-state index contributed by atoms with van der Waals surface area (Å²) in [5, 5.41) is 3.05. The number of aryl methyl sites for hydroxylation is 2. The summed E-state index contributed by atoms with van der Waals surface area (Å²) in [6, 6.07) is 5.32. The second kappa shape index (κ2) is 9.10. The molecule has 1 saturated heterocycles. The molecule has 1 aliphatic rings. The van der Waals surface area contributed by atoms with Gasteiger partial charge >= 0.3 is 0 Å². The van der Waals surface area contributed by atoms with Crippen molar-refractivity contribution in [1.82, 2.24) is 15.2 Å². The van der Waals surface area contributed by atoms with E-state index >= 15 is 0 Å². The third-order valence-electron chi connectivity index (χ3n) is 5.34. The fourth-order valence-electron chi connectivity index (χ4n) is 3.54. The lowest BCUT2D eigenvalue weighted by Gasteiger charge is -2.31. The Morgan fingerprint density at radius 1 is 1.25 bits per heavy atom. The van der Waals surface area contributed by atoms with Gasteiger partial charge in [-0.3, -0.25) is 9.69 Å². The van der Waals surface area contributed by atoms with Gasteiger partial charge in [0, 0.05) is 6.54 Å². The largest absolute Gasteiger partial charge is 0.493 e. The molecule has 1 amide bonds. The molecule has 1 N–H and O–H groups in total. The van der Waals surface area contributed by atoms with Crippen LogP contribution in [0.1, 0.15) is 40.5 Å². The highest BCUT2D eigenvalue weighted by atomic mass is 16.5. The lowest BCUT2D eigenvalue weighted by atomic mass is 9.96. The first-order chi connectivity index (χ1) is 13.5. The number of nitrogens with zero attached hydrogens (tertiary/aromatic N) is 2. The number of aromatic nitrogens is 1. The van der Waals surface area contributed by atoms with Crippen LogP contribution in [0.25, 0.3) is 0 Å². The van der Waals surface area contributed by atoms with E-state index in [-0.39, 0.29) is 5.91 Å². The van der Waals surface area contributed by atoms with E-state index in [1.807, 2.05) is 13.8 Å². The molecule has 0 radical (unpaired) electrons. The van der Waals surface area contributed by atoms with Crippen molar-refractivity contribution in [1.29, 1.82) is 0 Å². The summed E-state index contributed by atoms with van der Waals surface area (Å²) in [5.74, 6) is 3.02. The molecule has 1 aromatic heterocycles. The maximum atomic E-state index is 12.6. The number of rotatable bonds is 7. The van der Waals surface area contributed by atoms with E-state index in [0.29, 0.717) is 29.5 Å². The standard InChI is InChI=1S/C21H29N3O4/c1-14-15(2)28-19(23-14)13-24-10-8-16(9-11-24)12-22-21(25)17-6-5-7-18(26-3)20(17)27-4/h5-7,16H,8-13H2,1-4H3,(H,22,25). The van der Waals surface area contributed by atoms with Crippen LogP contribution in [0.3, 0.4) is 0 Å². The highest BCUT2D eigenvalue weighted by Crippen LogP contribution is 2.30. The monoisotopic (exact) mass is 387 g/mol. The Balaban J connectivity index is 1.48. The predicted molar refractivity (Wildman–Crippen MR) is 106 cm³/mol. The quantitative estimate of drug-likeness (QED) is 0.787. The first-order valence-electron chi connectivity index (χ1n) is 9.66. The molecule has 7 nitrogen and oxygen atoms in total. The smallest absolute Gasteiger partial charge is 0.255 e. The van der Waals surface area contributed by atoms with Crippen molar-refractivity contribution in [2.75, 3.05) is 33.9 Å². The Labute approximate surface area is 166 Å². The number of methoxy groups -OCH3 is 2. The van der Waals surface area contributed by atoms with Crippen LogP contribution in [0.15, 0.2) is 22.6 Å². The van der Waals surface area contributed by atoms with E-state index in [2.05, 4.69) is 15.2 Å². The number of oxazole rings is 1. The van der Waals surface area contributed by atoms with Crippen LogP contribution >= 0.6 is 0 Å². The van der Waals surface area contributed by atoms with E-state index in [4.69, 9.17) is 13.9 Å². The van der Waals surface area contributed by atoms with Gasteiger partial charge in [-0.1, -0.05) is 6.07 Å². The average molecular weight is 387 g/mol. The number of piperidine rings is 1. The summed E-state index contributed by atoms with van der Waals surface area (Å²) < 4.78 is 16.3. The topological polar surface area (TPSA) is 76.8 Å². The summed E-state index contributed by atoms with van der Waals surface area (Å²) >= 11 is 0. The lowest BCUT2D eigenvalue weighted by Crippen LogP contribution is -2.38. The molecule has 152 valence electrons. The van der Waals surface area contributed by atoms with Crippen molar-refractivity contribution in [3.8, 4) is 11.5 Å². The van der Waals surface area contributed by atoms with Crippen molar-refractivity contribution in [2.24, 2.45) is 5.92 Å². The molecule has 0 bridgehead atoms. The molecule has 3 rings (SSSR count). The molecule has 0 saturated carbocycles. The molecule has 0 unspecified atom stereocenters. The Bertz CT molecular complexity index is 790. The number of hydrogen-bond donors (Lipinski definition) is 1. The zero-order valence-corrected chi connectivity index (χ0v) is 17.1. The summed E-state index contributed by atoms with van der Waals surface area (Å²) in [6.45, 7) is 7.26. The second-order valence-corrected chi connectivity index (χ2v) is 7.22. The number of likely N-dealkylation sites (tertiary alicyclic amines) is 1. The van der Waals surface area contributed by atoms with Crippen LogP contribution in [0.2, 0.25) is 0 Å². The Kier molecular flexibility index (Phi) is 6.57. The van der Waals surface area contributed by atoms with Gasteiger partial charge in [0.2, 0.25) is 5.89 Å². The second-order valence-electron chi connectivity index (χ2n) is 7.22. The van der Waals surface area contributed by atoms with E-state index in [1.165, 1.54) is 0 Å². The van der Waals surface area contributed by atoms with E-state index in [9.17, 15) is 4.79 Å². The predicted octanol–water partition coefficient (Wildman–Crippen LogP) is 2.95. The molecular weight excluding hydrogens is 358 g/mol. The number of para-hydroxylation sites is 1. The molecule has 0 spiro atoms. The van der Waals surface area contributed by atoms with Gasteiger partial charge in [-0.2, -0.15) is 0 Å². The number of carbonyl (C=O) groups is 1. The zero-order chi connectivity index (χ0) is 20.1. The van der Waals surface area contributed by atoms with E-state index in [0.717, 1.165) is 49.8 Å². The molecule has 1 aromatic carbocycles. The van der Waals surface area contributed by atoms with Crippen molar-refractivity contribution in [2.45, 2.75) is 33.2 Å². The Morgan fingerprint density at radius 3 is 2.61 bits per heavy atom. The molecule has 1 aliphatic heterocycles. The van der Waals surface area contributed by atoms with Gasteiger partial charge in [0.05, 0.1) is 32.0 Å². The maximum Gasteiger partial charge on any atom is 0.255 e. The van der Waals surface area contributed by atoms with Crippen molar-refractivity contribution in [3.63, 3.8) is 0 Å². The van der Waals surface area contributed by atoms with Crippen molar-refractivity contribution >= 4 is 5.91 Å². The van der Waals surface area contributed by atoms with Gasteiger partial charge in [-0.15, -0.1) is 0 Å². The Hall–Kier alpha value is -2.54. The molecule has 2 heterocycles. The number of hydrogen-bond acceptors (Lipinski definition) is 6. The molecular formula is C21H29N3O4. The third kappa shape index (κ3) is 4.65.